The number of carbonyl (C=O) groups is 1. The van der Waals surface area contributed by atoms with Gasteiger partial charge in [0, 0.05) is 26.3 Å². The lowest BCUT2D eigenvalue weighted by atomic mass is 10.2. The Labute approximate surface area is 197 Å². The van der Waals surface area contributed by atoms with E-state index in [9.17, 15) is 4.79 Å². The van der Waals surface area contributed by atoms with Crippen LogP contribution >= 0.6 is 39.3 Å². The van der Waals surface area contributed by atoms with Crippen LogP contribution in [-0.4, -0.2) is 33.4 Å². The maximum Gasteiger partial charge on any atom is 0.196 e. The van der Waals surface area contributed by atoms with Crippen molar-refractivity contribution in [2.75, 3.05) is 12.9 Å². The number of benzene rings is 3. The van der Waals surface area contributed by atoms with Gasteiger partial charge in [0.25, 0.3) is 0 Å². The molecule has 0 spiro atoms. The van der Waals surface area contributed by atoms with E-state index in [0.29, 0.717) is 21.6 Å². The van der Waals surface area contributed by atoms with Gasteiger partial charge in [-0.15, -0.1) is 10.2 Å². The molecular formula is C23H17BrClN3O2S. The second-order valence-corrected chi connectivity index (χ2v) is 8.86. The number of nitrogens with zero attached hydrogens (tertiary/aromatic N) is 3. The zero-order valence-electron chi connectivity index (χ0n) is 16.5. The van der Waals surface area contributed by atoms with Crippen molar-refractivity contribution in [3.63, 3.8) is 0 Å². The molecule has 4 rings (SSSR count). The number of hydrogen-bond acceptors (Lipinski definition) is 5. The van der Waals surface area contributed by atoms with E-state index < -0.39 is 0 Å². The van der Waals surface area contributed by atoms with Gasteiger partial charge in [-0.2, -0.15) is 0 Å². The van der Waals surface area contributed by atoms with Gasteiger partial charge < -0.3 is 4.74 Å². The normalized spacial score (nSPS) is 10.8. The van der Waals surface area contributed by atoms with E-state index in [-0.39, 0.29) is 11.5 Å². The molecule has 0 aliphatic carbocycles. The zero-order valence-corrected chi connectivity index (χ0v) is 19.6. The van der Waals surface area contributed by atoms with Crippen LogP contribution in [0.5, 0.6) is 5.75 Å². The number of rotatable bonds is 7. The van der Waals surface area contributed by atoms with Gasteiger partial charge in [0.1, 0.15) is 5.75 Å². The lowest BCUT2D eigenvalue weighted by molar-refractivity contribution is 0.102. The summed E-state index contributed by atoms with van der Waals surface area (Å²) in [7, 11) is 1.63. The van der Waals surface area contributed by atoms with E-state index in [1.165, 1.54) is 11.8 Å². The molecule has 31 heavy (non-hydrogen) atoms. The van der Waals surface area contributed by atoms with Crippen LogP contribution in [0.15, 0.2) is 82.4 Å². The van der Waals surface area contributed by atoms with Crippen LogP contribution in [-0.2, 0) is 0 Å². The van der Waals surface area contributed by atoms with Gasteiger partial charge in [0.05, 0.1) is 12.9 Å². The molecule has 1 aromatic heterocycles. The van der Waals surface area contributed by atoms with Gasteiger partial charge in [-0.25, -0.2) is 0 Å². The average Bonchev–Trinajstić information content (AvgIpc) is 3.22. The van der Waals surface area contributed by atoms with Crippen LogP contribution in [0, 0.1) is 0 Å². The number of ether oxygens (including phenoxy) is 1. The zero-order chi connectivity index (χ0) is 21.8. The monoisotopic (exact) mass is 513 g/mol. The number of thioether (sulfide) groups is 1. The third kappa shape index (κ3) is 5.01. The molecule has 0 fully saturated rings. The van der Waals surface area contributed by atoms with Crippen LogP contribution in [0.1, 0.15) is 10.4 Å². The standard InChI is InChI=1S/C23H17BrClN3O2S/c1-30-20-12-4-16(5-13-20)22-26-27-23(28(22)19-10-8-18(25)9-11-19)31-14-21(29)15-2-6-17(24)7-3-15/h2-13H,14H2,1H3. The maximum absolute atomic E-state index is 12.6. The number of ketones is 1. The quantitative estimate of drug-likeness (QED) is 0.213. The third-order valence-electron chi connectivity index (χ3n) is 4.56. The van der Waals surface area contributed by atoms with E-state index in [4.69, 9.17) is 16.3 Å². The maximum atomic E-state index is 12.6. The fourth-order valence-electron chi connectivity index (χ4n) is 2.96. The summed E-state index contributed by atoms with van der Waals surface area (Å²) in [5.41, 5.74) is 2.40. The van der Waals surface area contributed by atoms with E-state index in [1.54, 1.807) is 19.2 Å². The first-order valence-corrected chi connectivity index (χ1v) is 11.5. The second kappa shape index (κ2) is 9.68. The van der Waals surface area contributed by atoms with E-state index >= 15 is 0 Å². The van der Waals surface area contributed by atoms with Crippen molar-refractivity contribution < 1.29 is 9.53 Å². The molecule has 0 unspecified atom stereocenters. The number of halogens is 2. The van der Waals surface area contributed by atoms with Gasteiger partial charge in [0.2, 0.25) is 0 Å². The van der Waals surface area contributed by atoms with Crippen LogP contribution in [0.25, 0.3) is 17.1 Å². The Hall–Kier alpha value is -2.61. The van der Waals surface area contributed by atoms with Crippen molar-refractivity contribution in [3.05, 3.63) is 87.9 Å². The molecule has 8 heteroatoms. The van der Waals surface area contributed by atoms with Gasteiger partial charge in [-0.1, -0.05) is 51.4 Å². The third-order valence-corrected chi connectivity index (χ3v) is 6.27. The summed E-state index contributed by atoms with van der Waals surface area (Å²) in [4.78, 5) is 12.6. The van der Waals surface area contributed by atoms with E-state index in [1.807, 2.05) is 65.2 Å². The molecule has 0 aliphatic heterocycles. The molecule has 0 saturated heterocycles. The summed E-state index contributed by atoms with van der Waals surface area (Å²) < 4.78 is 8.11. The molecule has 0 amide bonds. The largest absolute Gasteiger partial charge is 0.497 e. The predicted octanol–water partition coefficient (Wildman–Crippen LogP) is 6.33. The first-order chi connectivity index (χ1) is 15.0. The first kappa shape index (κ1) is 21.6. The summed E-state index contributed by atoms with van der Waals surface area (Å²) >= 11 is 10.8. The highest BCUT2D eigenvalue weighted by Gasteiger charge is 2.18. The lowest BCUT2D eigenvalue weighted by Gasteiger charge is -2.11. The highest BCUT2D eigenvalue weighted by Crippen LogP contribution is 2.30. The number of hydrogen-bond donors (Lipinski definition) is 0. The van der Waals surface area contributed by atoms with Crippen molar-refractivity contribution >= 4 is 45.1 Å². The minimum absolute atomic E-state index is 0.0224. The first-order valence-electron chi connectivity index (χ1n) is 9.32. The summed E-state index contributed by atoms with van der Waals surface area (Å²) in [6.07, 6.45) is 0. The minimum Gasteiger partial charge on any atom is -0.497 e. The average molecular weight is 515 g/mol. The van der Waals surface area contributed by atoms with Crippen molar-refractivity contribution in [1.29, 1.82) is 0 Å². The van der Waals surface area contributed by atoms with Gasteiger partial charge in [0.15, 0.2) is 16.8 Å². The molecule has 0 N–H and O–H groups in total. The van der Waals surface area contributed by atoms with E-state index in [2.05, 4.69) is 26.1 Å². The molecule has 0 saturated carbocycles. The molecule has 0 radical (unpaired) electrons. The molecule has 1 heterocycles. The number of methoxy groups -OCH3 is 1. The molecular weight excluding hydrogens is 498 g/mol. The van der Waals surface area contributed by atoms with Gasteiger partial charge in [-0.05, 0) is 60.7 Å². The Morgan fingerprint density at radius 2 is 1.68 bits per heavy atom. The highest BCUT2D eigenvalue weighted by atomic mass is 79.9. The van der Waals surface area contributed by atoms with E-state index in [0.717, 1.165) is 21.5 Å². The van der Waals surface area contributed by atoms with Crippen LogP contribution in [0.2, 0.25) is 5.02 Å². The smallest absolute Gasteiger partial charge is 0.196 e. The van der Waals surface area contributed by atoms with Gasteiger partial charge in [-0.3, -0.25) is 9.36 Å². The summed E-state index contributed by atoms with van der Waals surface area (Å²) in [6, 6.07) is 22.4. The topological polar surface area (TPSA) is 57.0 Å². The summed E-state index contributed by atoms with van der Waals surface area (Å²) in [5.74, 6) is 1.70. The Morgan fingerprint density at radius 3 is 2.32 bits per heavy atom. The van der Waals surface area contributed by atoms with Crippen LogP contribution in [0.3, 0.4) is 0 Å². The van der Waals surface area contributed by atoms with Gasteiger partial charge >= 0.3 is 0 Å². The molecule has 156 valence electrons. The van der Waals surface area contributed by atoms with Crippen LogP contribution < -0.4 is 4.74 Å². The van der Waals surface area contributed by atoms with Crippen molar-refractivity contribution in [2.45, 2.75) is 5.16 Å². The Morgan fingerprint density at radius 1 is 1.00 bits per heavy atom. The van der Waals surface area contributed by atoms with Crippen LogP contribution in [0.4, 0.5) is 0 Å². The molecule has 3 aromatic carbocycles. The fourth-order valence-corrected chi connectivity index (χ4v) is 4.20. The van der Waals surface area contributed by atoms with Crippen molar-refractivity contribution in [2.24, 2.45) is 0 Å². The van der Waals surface area contributed by atoms with Crippen molar-refractivity contribution in [3.8, 4) is 22.8 Å². The summed E-state index contributed by atoms with van der Waals surface area (Å²) in [6.45, 7) is 0. The molecule has 0 bridgehead atoms. The number of aromatic nitrogens is 3. The Kier molecular flexibility index (Phi) is 6.75. The predicted molar refractivity (Wildman–Crippen MR) is 128 cm³/mol. The Bertz CT molecular complexity index is 1190. The molecule has 4 aromatic rings. The molecule has 5 nitrogen and oxygen atoms in total. The SMILES string of the molecule is COc1ccc(-c2nnc(SCC(=O)c3ccc(Br)cc3)n2-c2ccc(Cl)cc2)cc1. The fraction of sp³-hybridized carbons (Fsp3) is 0.0870. The lowest BCUT2D eigenvalue weighted by Crippen LogP contribution is -2.05. The number of Topliss-reactive ketones (excluding diaryl/α,β-unsaturated/α-hetero) is 1. The summed E-state index contributed by atoms with van der Waals surface area (Å²) in [5, 5.41) is 10.0. The Balaban J connectivity index is 1.66. The highest BCUT2D eigenvalue weighted by molar-refractivity contribution is 9.10. The minimum atomic E-state index is 0.0224. The molecule has 0 atom stereocenters. The second-order valence-electron chi connectivity index (χ2n) is 6.57. The van der Waals surface area contributed by atoms with Crippen molar-refractivity contribution in [1.82, 2.24) is 14.8 Å². The number of carbonyl (C=O) groups excluding carboxylic acids is 1. The molecule has 0 aliphatic rings.